The summed E-state index contributed by atoms with van der Waals surface area (Å²) in [6.45, 7) is 1.96. The van der Waals surface area contributed by atoms with E-state index in [4.69, 9.17) is 14.3 Å². The second-order valence-electron chi connectivity index (χ2n) is 8.11. The number of methoxy groups -OCH3 is 2. The molecule has 3 aromatic carbocycles. The fourth-order valence-electron chi connectivity index (χ4n) is 4.54. The third-order valence-electron chi connectivity index (χ3n) is 6.18. The fraction of sp³-hybridized carbons (Fsp3) is 0.231. The quantitative estimate of drug-likeness (QED) is 0.553. The first-order chi connectivity index (χ1) is 16.0. The van der Waals surface area contributed by atoms with Crippen molar-refractivity contribution >= 4 is 23.2 Å². The van der Waals surface area contributed by atoms with E-state index in [9.17, 15) is 9.59 Å². The van der Waals surface area contributed by atoms with Gasteiger partial charge in [0.1, 0.15) is 17.4 Å². The molecule has 2 saturated heterocycles. The standard InChI is InChI=1S/C26H24N2O5/c1-16-9-11-17(12-10-16)27-25(29)22-23(20-14-13-19(31-2)15-21(20)32-3)28(33-24(22)26(27)30)18-7-5-4-6-8-18/h4-15,22-24H,1-3H3/t22-,23+,24+/m1/s1. The Kier molecular flexibility index (Phi) is 5.26. The smallest absolute Gasteiger partial charge is 0.266 e. The van der Waals surface area contributed by atoms with Crippen molar-refractivity contribution in [2.24, 2.45) is 5.92 Å². The van der Waals surface area contributed by atoms with E-state index in [1.54, 1.807) is 37.5 Å². The van der Waals surface area contributed by atoms with Crippen LogP contribution in [-0.2, 0) is 14.4 Å². The van der Waals surface area contributed by atoms with Crippen molar-refractivity contribution in [3.8, 4) is 11.5 Å². The van der Waals surface area contributed by atoms with Gasteiger partial charge >= 0.3 is 0 Å². The van der Waals surface area contributed by atoms with Crippen LogP contribution in [0.3, 0.4) is 0 Å². The minimum absolute atomic E-state index is 0.296. The predicted molar refractivity (Wildman–Crippen MR) is 123 cm³/mol. The summed E-state index contributed by atoms with van der Waals surface area (Å²) in [4.78, 5) is 34.5. The number of fused-ring (bicyclic) bond motifs is 1. The Morgan fingerprint density at radius 3 is 2.21 bits per heavy atom. The molecule has 0 N–H and O–H groups in total. The number of amides is 2. The van der Waals surface area contributed by atoms with Crippen molar-refractivity contribution in [3.05, 3.63) is 83.9 Å². The number of benzene rings is 3. The first-order valence-corrected chi connectivity index (χ1v) is 10.7. The summed E-state index contributed by atoms with van der Waals surface area (Å²) in [7, 11) is 3.15. The van der Waals surface area contributed by atoms with Gasteiger partial charge in [-0.05, 0) is 43.3 Å². The maximum absolute atomic E-state index is 13.7. The topological polar surface area (TPSA) is 68.3 Å². The highest BCUT2D eigenvalue weighted by atomic mass is 16.7. The van der Waals surface area contributed by atoms with Crippen LogP contribution in [0.25, 0.3) is 0 Å². The molecule has 2 fully saturated rings. The van der Waals surface area contributed by atoms with Gasteiger partial charge in [0, 0.05) is 11.6 Å². The Morgan fingerprint density at radius 1 is 0.818 bits per heavy atom. The Hall–Kier alpha value is -3.84. The largest absolute Gasteiger partial charge is 0.497 e. The molecule has 0 aromatic heterocycles. The zero-order chi connectivity index (χ0) is 23.1. The van der Waals surface area contributed by atoms with Crippen LogP contribution in [0.15, 0.2) is 72.8 Å². The van der Waals surface area contributed by atoms with E-state index in [1.807, 2.05) is 61.5 Å². The molecular weight excluding hydrogens is 420 g/mol. The molecule has 0 radical (unpaired) electrons. The molecule has 7 heteroatoms. The molecule has 3 atom stereocenters. The molecule has 5 rings (SSSR count). The summed E-state index contributed by atoms with van der Waals surface area (Å²) < 4.78 is 11.0. The van der Waals surface area contributed by atoms with E-state index < -0.39 is 18.1 Å². The number of carbonyl (C=O) groups excluding carboxylic acids is 2. The average Bonchev–Trinajstić information content (AvgIpc) is 3.35. The van der Waals surface area contributed by atoms with Crippen molar-refractivity contribution < 1.29 is 23.9 Å². The molecule has 2 amide bonds. The van der Waals surface area contributed by atoms with Gasteiger partial charge in [0.15, 0.2) is 6.10 Å². The number of para-hydroxylation sites is 1. The van der Waals surface area contributed by atoms with E-state index in [0.717, 1.165) is 16.8 Å². The molecule has 168 valence electrons. The number of hydrogen-bond acceptors (Lipinski definition) is 6. The zero-order valence-corrected chi connectivity index (χ0v) is 18.6. The number of hydrogen-bond donors (Lipinski definition) is 0. The second kappa shape index (κ2) is 8.26. The molecule has 33 heavy (non-hydrogen) atoms. The van der Waals surface area contributed by atoms with Crippen molar-refractivity contribution in [2.75, 3.05) is 24.2 Å². The van der Waals surface area contributed by atoms with Gasteiger partial charge in [-0.3, -0.25) is 14.4 Å². The molecule has 2 aliphatic heterocycles. The molecule has 0 bridgehead atoms. The second-order valence-corrected chi connectivity index (χ2v) is 8.11. The van der Waals surface area contributed by atoms with Crippen molar-refractivity contribution in [1.82, 2.24) is 0 Å². The Morgan fingerprint density at radius 2 is 1.55 bits per heavy atom. The number of aryl methyl sites for hydroxylation is 1. The van der Waals surface area contributed by atoms with Crippen LogP contribution >= 0.6 is 0 Å². The summed E-state index contributed by atoms with van der Waals surface area (Å²) in [5.41, 5.74) is 3.07. The lowest BCUT2D eigenvalue weighted by atomic mass is 9.90. The Balaban J connectivity index is 1.62. The van der Waals surface area contributed by atoms with Gasteiger partial charge in [-0.15, -0.1) is 0 Å². The molecule has 7 nitrogen and oxygen atoms in total. The Bertz CT molecular complexity index is 1200. The van der Waals surface area contributed by atoms with Crippen LogP contribution in [0, 0.1) is 12.8 Å². The van der Waals surface area contributed by atoms with E-state index in [-0.39, 0.29) is 11.8 Å². The maximum Gasteiger partial charge on any atom is 0.266 e. The van der Waals surface area contributed by atoms with Crippen molar-refractivity contribution in [3.63, 3.8) is 0 Å². The van der Waals surface area contributed by atoms with Crippen LogP contribution in [0.2, 0.25) is 0 Å². The molecule has 2 heterocycles. The normalized spacial score (nSPS) is 22.0. The Labute approximate surface area is 192 Å². The summed E-state index contributed by atoms with van der Waals surface area (Å²) in [6.07, 6.45) is -0.934. The summed E-state index contributed by atoms with van der Waals surface area (Å²) in [6, 6.07) is 21.6. The monoisotopic (exact) mass is 444 g/mol. The van der Waals surface area contributed by atoms with Gasteiger partial charge in [-0.1, -0.05) is 35.9 Å². The number of ether oxygens (including phenoxy) is 2. The molecule has 0 spiro atoms. The van der Waals surface area contributed by atoms with Gasteiger partial charge in [0.25, 0.3) is 5.91 Å². The average molecular weight is 444 g/mol. The van der Waals surface area contributed by atoms with Gasteiger partial charge in [-0.2, -0.15) is 0 Å². The SMILES string of the molecule is COc1ccc([C@H]2[C@H]3C(=O)N(c4ccc(C)cc4)C(=O)[C@H]3ON2c2ccccc2)c(OC)c1. The number of rotatable bonds is 5. The lowest BCUT2D eigenvalue weighted by Gasteiger charge is -2.29. The summed E-state index contributed by atoms with van der Waals surface area (Å²) >= 11 is 0. The van der Waals surface area contributed by atoms with E-state index in [1.165, 1.54) is 4.90 Å². The minimum Gasteiger partial charge on any atom is -0.497 e. The highest BCUT2D eigenvalue weighted by Crippen LogP contribution is 2.49. The highest BCUT2D eigenvalue weighted by molar-refractivity contribution is 6.23. The minimum atomic E-state index is -0.934. The van der Waals surface area contributed by atoms with Gasteiger partial charge in [0.05, 0.1) is 31.6 Å². The fourth-order valence-corrected chi connectivity index (χ4v) is 4.54. The van der Waals surface area contributed by atoms with Crippen LogP contribution in [0.4, 0.5) is 11.4 Å². The van der Waals surface area contributed by atoms with Crippen LogP contribution in [0.5, 0.6) is 11.5 Å². The number of anilines is 2. The molecule has 0 aliphatic carbocycles. The van der Waals surface area contributed by atoms with Gasteiger partial charge in [-0.25, -0.2) is 9.96 Å². The first-order valence-electron chi connectivity index (χ1n) is 10.7. The van der Waals surface area contributed by atoms with Crippen LogP contribution in [0.1, 0.15) is 17.2 Å². The number of carbonyl (C=O) groups is 2. The molecule has 2 aliphatic rings. The number of imide groups is 1. The summed E-state index contributed by atoms with van der Waals surface area (Å²) in [5, 5.41) is 1.65. The lowest BCUT2D eigenvalue weighted by Crippen LogP contribution is -2.37. The van der Waals surface area contributed by atoms with Gasteiger partial charge in [0.2, 0.25) is 5.91 Å². The van der Waals surface area contributed by atoms with Crippen LogP contribution in [-0.4, -0.2) is 32.1 Å². The van der Waals surface area contributed by atoms with E-state index in [0.29, 0.717) is 17.2 Å². The summed E-state index contributed by atoms with van der Waals surface area (Å²) in [5.74, 6) is -0.216. The lowest BCUT2D eigenvalue weighted by molar-refractivity contribution is -0.126. The first kappa shape index (κ1) is 21.0. The van der Waals surface area contributed by atoms with Crippen molar-refractivity contribution in [1.29, 1.82) is 0 Å². The van der Waals surface area contributed by atoms with E-state index >= 15 is 0 Å². The molecule has 0 unspecified atom stereocenters. The van der Waals surface area contributed by atoms with Crippen molar-refractivity contribution in [2.45, 2.75) is 19.1 Å². The van der Waals surface area contributed by atoms with Crippen LogP contribution < -0.4 is 19.4 Å². The van der Waals surface area contributed by atoms with E-state index in [2.05, 4.69) is 0 Å². The third kappa shape index (κ3) is 3.41. The van der Waals surface area contributed by atoms with Gasteiger partial charge < -0.3 is 9.47 Å². The highest BCUT2D eigenvalue weighted by Gasteiger charge is 2.60. The molecular formula is C26H24N2O5. The zero-order valence-electron chi connectivity index (χ0n) is 18.6. The maximum atomic E-state index is 13.7. The third-order valence-corrected chi connectivity index (χ3v) is 6.18. The molecule has 3 aromatic rings. The predicted octanol–water partition coefficient (Wildman–Crippen LogP) is 4.06. The number of nitrogens with zero attached hydrogens (tertiary/aromatic N) is 2. The molecule has 0 saturated carbocycles. The number of hydroxylamine groups is 1.